The second kappa shape index (κ2) is 4.82. The van der Waals surface area contributed by atoms with E-state index in [1.165, 1.54) is 0 Å². The highest BCUT2D eigenvalue weighted by Crippen LogP contribution is 2.21. The fourth-order valence-electron chi connectivity index (χ4n) is 2.00. The Bertz CT molecular complexity index is 380. The Morgan fingerprint density at radius 1 is 1.41 bits per heavy atom. The van der Waals surface area contributed by atoms with Crippen LogP contribution in [0.15, 0.2) is 6.20 Å². The Morgan fingerprint density at radius 2 is 2.06 bits per heavy atom. The van der Waals surface area contributed by atoms with E-state index in [1.54, 1.807) is 0 Å². The molecule has 1 aromatic rings. The van der Waals surface area contributed by atoms with Crippen molar-refractivity contribution in [2.45, 2.75) is 40.7 Å². The summed E-state index contributed by atoms with van der Waals surface area (Å²) in [7, 11) is -0.242. The van der Waals surface area contributed by atoms with Gasteiger partial charge in [-0.25, -0.2) is 0 Å². The van der Waals surface area contributed by atoms with E-state index in [4.69, 9.17) is 9.31 Å². The average Bonchev–Trinajstić information content (AvgIpc) is 2.62. The molecule has 0 bridgehead atoms. The Kier molecular flexibility index (Phi) is 3.59. The van der Waals surface area contributed by atoms with Crippen LogP contribution in [0.5, 0.6) is 0 Å². The Morgan fingerprint density at radius 3 is 2.65 bits per heavy atom. The van der Waals surface area contributed by atoms with Crippen molar-refractivity contribution in [2.24, 2.45) is 5.41 Å². The third kappa shape index (κ3) is 2.72. The number of hydrogen-bond acceptors (Lipinski definition) is 3. The molecule has 0 radical (unpaired) electrons. The van der Waals surface area contributed by atoms with Gasteiger partial charge in [0.25, 0.3) is 0 Å². The lowest BCUT2D eigenvalue weighted by atomic mass is 9.76. The van der Waals surface area contributed by atoms with Crippen molar-refractivity contribution in [1.29, 1.82) is 0 Å². The Labute approximate surface area is 103 Å². The molecule has 2 rings (SSSR count). The van der Waals surface area contributed by atoms with Gasteiger partial charge in [-0.3, -0.25) is 4.68 Å². The normalized spacial score (nSPS) is 19.6. The van der Waals surface area contributed by atoms with Gasteiger partial charge in [-0.15, -0.1) is 0 Å². The molecule has 0 N–H and O–H groups in total. The Hall–Kier alpha value is -0.805. The van der Waals surface area contributed by atoms with Crippen LogP contribution in [-0.4, -0.2) is 30.1 Å². The van der Waals surface area contributed by atoms with Crippen LogP contribution >= 0.6 is 0 Å². The average molecular weight is 236 g/mol. The topological polar surface area (TPSA) is 36.3 Å². The second-order valence-corrected chi connectivity index (χ2v) is 5.53. The fraction of sp³-hybridized carbons (Fsp3) is 0.750. The van der Waals surface area contributed by atoms with Gasteiger partial charge in [-0.05, 0) is 13.3 Å². The first-order valence-electron chi connectivity index (χ1n) is 6.29. The molecule has 1 aliphatic heterocycles. The molecule has 5 heteroatoms. The van der Waals surface area contributed by atoms with Crippen molar-refractivity contribution in [3.8, 4) is 0 Å². The van der Waals surface area contributed by atoms with Crippen molar-refractivity contribution in [3.63, 3.8) is 0 Å². The summed E-state index contributed by atoms with van der Waals surface area (Å²) in [6.07, 6.45) is 2.95. The smallest absolute Gasteiger partial charge is 0.407 e. The molecule has 0 unspecified atom stereocenters. The van der Waals surface area contributed by atoms with Crippen LogP contribution in [0.25, 0.3) is 0 Å². The molecule has 1 aromatic heterocycles. The van der Waals surface area contributed by atoms with Gasteiger partial charge in [0.1, 0.15) is 0 Å². The third-order valence-corrected chi connectivity index (χ3v) is 3.08. The van der Waals surface area contributed by atoms with Crippen LogP contribution in [-0.2, 0) is 15.9 Å². The van der Waals surface area contributed by atoms with E-state index >= 15 is 0 Å². The highest BCUT2D eigenvalue weighted by Gasteiger charge is 2.35. The number of aromatic nitrogens is 2. The maximum absolute atomic E-state index is 5.78. The van der Waals surface area contributed by atoms with E-state index in [0.717, 1.165) is 37.3 Å². The number of nitrogens with zero attached hydrogens (tertiary/aromatic N) is 2. The second-order valence-electron chi connectivity index (χ2n) is 5.53. The lowest BCUT2D eigenvalue weighted by Gasteiger charge is -2.32. The summed E-state index contributed by atoms with van der Waals surface area (Å²) < 4.78 is 13.6. The number of hydrogen-bond donors (Lipinski definition) is 0. The fourth-order valence-corrected chi connectivity index (χ4v) is 2.00. The molecular formula is C12H21BN2O2. The zero-order chi connectivity index (χ0) is 12.5. The molecule has 2 heterocycles. The van der Waals surface area contributed by atoms with Crippen LogP contribution in [0, 0.1) is 12.3 Å². The van der Waals surface area contributed by atoms with Crippen LogP contribution in [0.4, 0.5) is 0 Å². The van der Waals surface area contributed by atoms with Gasteiger partial charge in [0.15, 0.2) is 0 Å². The quantitative estimate of drug-likeness (QED) is 0.743. The van der Waals surface area contributed by atoms with Gasteiger partial charge in [-0.1, -0.05) is 20.8 Å². The van der Waals surface area contributed by atoms with Crippen LogP contribution in [0.2, 0.25) is 0 Å². The molecule has 4 nitrogen and oxygen atoms in total. The SMILES string of the molecule is CCCn1ncc(B2OCC(C)(C)CO2)c1C. The van der Waals surface area contributed by atoms with E-state index in [2.05, 4.69) is 32.8 Å². The molecule has 0 aromatic carbocycles. The van der Waals surface area contributed by atoms with Crippen molar-refractivity contribution in [1.82, 2.24) is 9.78 Å². The summed E-state index contributed by atoms with van der Waals surface area (Å²) >= 11 is 0. The van der Waals surface area contributed by atoms with Crippen molar-refractivity contribution in [2.75, 3.05) is 13.2 Å². The predicted molar refractivity (Wildman–Crippen MR) is 68.3 cm³/mol. The first-order valence-corrected chi connectivity index (χ1v) is 6.29. The largest absolute Gasteiger partial charge is 0.497 e. The van der Waals surface area contributed by atoms with E-state index in [0.29, 0.717) is 0 Å². The van der Waals surface area contributed by atoms with E-state index < -0.39 is 0 Å². The minimum atomic E-state index is -0.242. The van der Waals surface area contributed by atoms with Crippen molar-refractivity contribution >= 4 is 12.6 Å². The first-order chi connectivity index (χ1) is 8.03. The summed E-state index contributed by atoms with van der Waals surface area (Å²) in [4.78, 5) is 0. The minimum absolute atomic E-state index is 0.115. The molecule has 1 fully saturated rings. The molecule has 1 aliphatic rings. The molecular weight excluding hydrogens is 215 g/mol. The molecule has 0 amide bonds. The molecule has 17 heavy (non-hydrogen) atoms. The highest BCUT2D eigenvalue weighted by atomic mass is 16.6. The number of aryl methyl sites for hydroxylation is 1. The van der Waals surface area contributed by atoms with Crippen LogP contribution in [0.1, 0.15) is 32.9 Å². The van der Waals surface area contributed by atoms with Gasteiger partial charge in [0.05, 0.1) is 0 Å². The summed E-state index contributed by atoms with van der Waals surface area (Å²) in [5, 5.41) is 4.37. The zero-order valence-electron chi connectivity index (χ0n) is 11.2. The summed E-state index contributed by atoms with van der Waals surface area (Å²) in [5.74, 6) is 0. The summed E-state index contributed by atoms with van der Waals surface area (Å²) in [6, 6.07) is 0. The van der Waals surface area contributed by atoms with Crippen molar-refractivity contribution < 1.29 is 9.31 Å². The highest BCUT2D eigenvalue weighted by molar-refractivity contribution is 6.61. The standard InChI is InChI=1S/C12H21BN2O2/c1-5-6-15-10(2)11(7-14-15)13-16-8-12(3,4)9-17-13/h7H,5-6,8-9H2,1-4H3. The molecule has 94 valence electrons. The first kappa shape index (κ1) is 12.6. The molecule has 0 aliphatic carbocycles. The van der Waals surface area contributed by atoms with Gasteiger partial charge in [0.2, 0.25) is 0 Å². The summed E-state index contributed by atoms with van der Waals surface area (Å²) in [5.41, 5.74) is 2.33. The Balaban J connectivity index is 2.08. The predicted octanol–water partition coefficient (Wildman–Crippen LogP) is 1.37. The molecule has 1 saturated heterocycles. The maximum atomic E-state index is 5.78. The number of rotatable bonds is 3. The van der Waals surface area contributed by atoms with E-state index in [9.17, 15) is 0 Å². The molecule has 0 spiro atoms. The van der Waals surface area contributed by atoms with Gasteiger partial charge in [-0.2, -0.15) is 5.10 Å². The monoisotopic (exact) mass is 236 g/mol. The lowest BCUT2D eigenvalue weighted by molar-refractivity contribution is 0.0342. The summed E-state index contributed by atoms with van der Waals surface area (Å²) in [6.45, 7) is 10.9. The van der Waals surface area contributed by atoms with Crippen molar-refractivity contribution in [3.05, 3.63) is 11.9 Å². The third-order valence-electron chi connectivity index (χ3n) is 3.08. The van der Waals surface area contributed by atoms with Gasteiger partial charge < -0.3 is 9.31 Å². The molecule has 0 saturated carbocycles. The van der Waals surface area contributed by atoms with Crippen LogP contribution < -0.4 is 5.46 Å². The zero-order valence-corrected chi connectivity index (χ0v) is 11.2. The van der Waals surface area contributed by atoms with E-state index in [1.807, 2.05) is 10.9 Å². The van der Waals surface area contributed by atoms with Gasteiger partial charge in [0, 0.05) is 42.5 Å². The van der Waals surface area contributed by atoms with Crippen LogP contribution in [0.3, 0.4) is 0 Å². The van der Waals surface area contributed by atoms with E-state index in [-0.39, 0.29) is 12.5 Å². The lowest BCUT2D eigenvalue weighted by Crippen LogP contribution is -2.47. The minimum Gasteiger partial charge on any atom is -0.407 e. The maximum Gasteiger partial charge on any atom is 0.497 e. The molecule has 0 atom stereocenters. The van der Waals surface area contributed by atoms with Gasteiger partial charge >= 0.3 is 7.12 Å².